The van der Waals surface area contributed by atoms with E-state index in [1.165, 1.54) is 235 Å². The van der Waals surface area contributed by atoms with Gasteiger partial charge in [-0.2, -0.15) is 0 Å². The van der Waals surface area contributed by atoms with Crippen molar-refractivity contribution in [2.75, 3.05) is 0 Å². The van der Waals surface area contributed by atoms with E-state index in [1.54, 1.807) is 0 Å². The standard InChI is InChI=1S/C70H71N3.C68H67N3/c1-66(2,3)46-18-16-42-33-45-35-51(23-17-43(45)32-44(42)34-46)73-64-40-52(71-60-28-19-47(67(4,5)6)36-56(60)57-37-48(68(7,8)9)20-29-61(57)71)24-26-54(64)55-27-25-53(41-65(55)73)72-62-30-21-49(69(10,11)12)38-58(62)59-39-50(70(13,14)15)22-31-63(59)72;1-40-49-17-15-16-18-50(49)41(2)54-37-46(23-26-51(40)54)71-63-38-47(69-59-29-19-42(65(3,4)5)33-55(59)56-34-43(66(6,7)8)20-30-60(56)69)24-27-52(63)53-28-25-48(39-64(53)71)70-61-31-21-44(67(9,10)11)35-57(61)58-36-45(68(12,13)14)22-32-62(58)70/h16-41H,1-15H3;15-39H,1-14H3. The van der Waals surface area contributed by atoms with Gasteiger partial charge in [0.15, 0.2) is 0 Å². The Morgan fingerprint density at radius 3 is 0.556 bits per heavy atom. The van der Waals surface area contributed by atoms with Gasteiger partial charge >= 0.3 is 0 Å². The van der Waals surface area contributed by atoms with E-state index >= 15 is 0 Å². The molecule has 0 amide bonds. The molecule has 0 radical (unpaired) electrons. The normalized spacial score (nSPS) is 13.3. The first-order chi connectivity index (χ1) is 67.9. The Balaban J connectivity index is 0.000000160. The van der Waals surface area contributed by atoms with Gasteiger partial charge in [-0.1, -0.05) is 314 Å². The SMILES string of the molecule is CC(C)(C)c1ccc2cc3cc(-n4c5cc(-n6c7ccc(C(C)(C)C)cc7c7cc(C(C)(C)C)ccc76)ccc5c5ccc(-n6c7ccc(C(C)(C)C)cc7c7cc(C(C)(C)C)ccc76)cc54)ccc3cc2c1.Cc1c2ccccc2c(C)c2cc(-n3c4cc(-n5c6ccc(C(C)(C)C)cc6c6cc(C(C)(C)C)ccc65)ccc4c4ccc(-n5c6ccc(C(C)(C)C)cc6c6cc(C(C)(C)C)ccc65)cc43)ccc12. The molecule has 0 aliphatic rings. The number of aromatic nitrogens is 6. The lowest BCUT2D eigenvalue weighted by Crippen LogP contribution is -2.10. The summed E-state index contributed by atoms with van der Waals surface area (Å²) >= 11 is 0. The summed E-state index contributed by atoms with van der Waals surface area (Å²) < 4.78 is 15.1. The molecule has 0 N–H and O–H groups in total. The maximum Gasteiger partial charge on any atom is 0.0561 e. The molecule has 6 aromatic heterocycles. The molecule has 6 heterocycles. The highest BCUT2D eigenvalue weighted by Gasteiger charge is 2.31. The molecule has 6 nitrogen and oxygen atoms in total. The molecule has 0 aliphatic carbocycles. The highest BCUT2D eigenvalue weighted by atomic mass is 15.0. The molecule has 18 aromatic carbocycles. The van der Waals surface area contributed by atoms with Crippen LogP contribution >= 0.6 is 0 Å². The second-order valence-corrected chi connectivity index (χ2v) is 51.4. The molecule has 6 heteroatoms. The summed E-state index contributed by atoms with van der Waals surface area (Å²) in [4.78, 5) is 0. The summed E-state index contributed by atoms with van der Waals surface area (Å²) in [6.07, 6.45) is 0. The van der Waals surface area contributed by atoms with Crippen LogP contribution in [0, 0.1) is 13.8 Å². The first-order valence-electron chi connectivity index (χ1n) is 52.3. The van der Waals surface area contributed by atoms with Crippen LogP contribution in [-0.4, -0.2) is 27.4 Å². The van der Waals surface area contributed by atoms with Crippen LogP contribution in [0.15, 0.2) is 309 Å². The van der Waals surface area contributed by atoms with Crippen LogP contribution in [0.2, 0.25) is 0 Å². The van der Waals surface area contributed by atoms with Crippen LogP contribution in [0.4, 0.5) is 0 Å². The number of aryl methyl sites for hydroxylation is 2. The predicted octanol–water partition coefficient (Wildman–Crippen LogP) is 38.9. The Morgan fingerprint density at radius 2 is 0.306 bits per heavy atom. The van der Waals surface area contributed by atoms with E-state index in [2.05, 4.69) is 538 Å². The lowest BCUT2D eigenvalue weighted by atomic mass is 9.85. The molecule has 144 heavy (non-hydrogen) atoms. The lowest BCUT2D eigenvalue weighted by Gasteiger charge is -2.19. The molecule has 24 rings (SSSR count). The van der Waals surface area contributed by atoms with Crippen LogP contribution < -0.4 is 0 Å². The van der Waals surface area contributed by atoms with Crippen LogP contribution in [0.1, 0.15) is 248 Å². The first kappa shape index (κ1) is 93.4. The third-order valence-electron chi connectivity index (χ3n) is 32.2. The van der Waals surface area contributed by atoms with Gasteiger partial charge in [-0.3, -0.25) is 0 Å². The Bertz CT molecular complexity index is 8870. The van der Waals surface area contributed by atoms with Gasteiger partial charge in [0, 0.05) is 98.8 Å². The van der Waals surface area contributed by atoms with Crippen molar-refractivity contribution in [3.8, 4) is 34.1 Å². The minimum absolute atomic E-state index is 0.0222. The van der Waals surface area contributed by atoms with Gasteiger partial charge in [0.25, 0.3) is 0 Å². The molecular formula is C138H138N6. The number of benzene rings is 18. The molecule has 0 saturated carbocycles. The van der Waals surface area contributed by atoms with Crippen molar-refractivity contribution in [2.45, 2.75) is 250 Å². The highest BCUT2D eigenvalue weighted by Crippen LogP contribution is 2.49. The quantitative estimate of drug-likeness (QED) is 0.149. The Morgan fingerprint density at radius 1 is 0.125 bits per heavy atom. The maximum atomic E-state index is 2.55. The van der Waals surface area contributed by atoms with E-state index in [0.29, 0.717) is 0 Å². The third kappa shape index (κ3) is 15.4. The van der Waals surface area contributed by atoms with Crippen molar-refractivity contribution in [3.63, 3.8) is 0 Å². The van der Waals surface area contributed by atoms with Crippen molar-refractivity contribution in [1.82, 2.24) is 27.4 Å². The number of hydrogen-bond acceptors (Lipinski definition) is 0. The second-order valence-electron chi connectivity index (χ2n) is 51.4. The van der Waals surface area contributed by atoms with Gasteiger partial charge in [0.1, 0.15) is 0 Å². The molecule has 24 aromatic rings. The molecule has 0 unspecified atom stereocenters. The van der Waals surface area contributed by atoms with E-state index in [-0.39, 0.29) is 48.7 Å². The van der Waals surface area contributed by atoms with Crippen molar-refractivity contribution in [3.05, 3.63) is 371 Å². The van der Waals surface area contributed by atoms with E-state index in [9.17, 15) is 0 Å². The van der Waals surface area contributed by atoms with Crippen molar-refractivity contribution in [1.29, 1.82) is 0 Å². The fourth-order valence-electron chi connectivity index (χ4n) is 23.4. The predicted molar refractivity (Wildman–Crippen MR) is 627 cm³/mol. The molecule has 0 bridgehead atoms. The van der Waals surface area contributed by atoms with Gasteiger partial charge in [-0.15, -0.1) is 0 Å². The highest BCUT2D eigenvalue weighted by molar-refractivity contribution is 6.18. The molecular weight excluding hydrogens is 1740 g/mol. The smallest absolute Gasteiger partial charge is 0.0561 e. The zero-order chi connectivity index (χ0) is 101. The van der Waals surface area contributed by atoms with E-state index < -0.39 is 0 Å². The number of rotatable bonds is 6. The number of hydrogen-bond donors (Lipinski definition) is 0. The minimum atomic E-state index is 0.0222. The number of fused-ring (bicyclic) bond motifs is 22. The summed E-state index contributed by atoms with van der Waals surface area (Å²) in [7, 11) is 0. The summed E-state index contributed by atoms with van der Waals surface area (Å²) in [5.74, 6) is 0. The van der Waals surface area contributed by atoms with Crippen molar-refractivity contribution >= 4 is 174 Å². The average Bonchev–Trinajstić information content (AvgIpc) is 1.56. The zero-order valence-electron chi connectivity index (χ0n) is 90.1. The summed E-state index contributed by atoms with van der Waals surface area (Å²) in [6.45, 7) is 67.1. The Labute approximate surface area is 849 Å². The molecule has 0 saturated heterocycles. The number of nitrogens with zero attached hydrogens (tertiary/aromatic N) is 6. The minimum Gasteiger partial charge on any atom is -0.309 e. The lowest BCUT2D eigenvalue weighted by molar-refractivity contribution is 0.590. The Hall–Kier alpha value is -14.2. The van der Waals surface area contributed by atoms with Gasteiger partial charge in [-0.25, -0.2) is 0 Å². The van der Waals surface area contributed by atoms with E-state index in [0.717, 1.165) is 34.1 Å². The summed E-state index contributed by atoms with van der Waals surface area (Å²) in [5, 5.41) is 25.6. The Kier molecular flexibility index (Phi) is 20.9. The van der Waals surface area contributed by atoms with Crippen LogP contribution in [0.25, 0.3) is 208 Å². The summed E-state index contributed by atoms with van der Waals surface area (Å²) in [6, 6.07) is 121. The van der Waals surface area contributed by atoms with E-state index in [4.69, 9.17) is 0 Å². The zero-order valence-corrected chi connectivity index (χ0v) is 90.1. The van der Waals surface area contributed by atoms with Gasteiger partial charge in [0.05, 0.1) is 66.2 Å². The molecule has 0 fully saturated rings. The second kappa shape index (κ2) is 32.1. The molecule has 720 valence electrons. The van der Waals surface area contributed by atoms with Crippen LogP contribution in [0.3, 0.4) is 0 Å². The van der Waals surface area contributed by atoms with Crippen LogP contribution in [0.5, 0.6) is 0 Å². The topological polar surface area (TPSA) is 29.6 Å². The van der Waals surface area contributed by atoms with E-state index in [1.807, 2.05) is 0 Å². The molecule has 0 atom stereocenters. The molecule has 0 spiro atoms. The monoisotopic (exact) mass is 1880 g/mol. The van der Waals surface area contributed by atoms with Gasteiger partial charge in [-0.05, 0) is 349 Å². The van der Waals surface area contributed by atoms with Crippen molar-refractivity contribution < 1.29 is 0 Å². The first-order valence-corrected chi connectivity index (χ1v) is 52.3. The average molecular weight is 1880 g/mol. The maximum absolute atomic E-state index is 2.55. The molecule has 0 aliphatic heterocycles. The summed E-state index contributed by atoms with van der Waals surface area (Å²) in [5.41, 5.74) is 36.4. The fourth-order valence-corrected chi connectivity index (χ4v) is 23.4. The van der Waals surface area contributed by atoms with Crippen LogP contribution in [-0.2, 0) is 48.7 Å². The van der Waals surface area contributed by atoms with Gasteiger partial charge < -0.3 is 27.4 Å². The fraction of sp³-hybridized carbons (Fsp3) is 0.275. The van der Waals surface area contributed by atoms with Crippen molar-refractivity contribution in [2.24, 2.45) is 0 Å². The van der Waals surface area contributed by atoms with Gasteiger partial charge in [0.2, 0.25) is 0 Å². The third-order valence-corrected chi connectivity index (χ3v) is 32.2. The largest absolute Gasteiger partial charge is 0.309 e.